The number of nitrogens with one attached hydrogen (secondary N) is 3. The molecule has 0 unspecified atom stereocenters. The van der Waals surface area contributed by atoms with Gasteiger partial charge in [0.1, 0.15) is 5.82 Å². The van der Waals surface area contributed by atoms with E-state index in [-0.39, 0.29) is 5.91 Å². The summed E-state index contributed by atoms with van der Waals surface area (Å²) in [7, 11) is 0. The van der Waals surface area contributed by atoms with E-state index in [1.165, 1.54) is 0 Å². The van der Waals surface area contributed by atoms with Crippen molar-refractivity contribution in [1.29, 1.82) is 0 Å². The van der Waals surface area contributed by atoms with Crippen LogP contribution in [0, 0.1) is 6.92 Å². The largest absolute Gasteiger partial charge is 0.312 e. The van der Waals surface area contributed by atoms with Crippen LogP contribution in [0.2, 0.25) is 0 Å². The average Bonchev–Trinajstić information content (AvgIpc) is 3.22. The molecule has 0 atom stereocenters. The summed E-state index contributed by atoms with van der Waals surface area (Å²) in [4.78, 5) is 17.3. The molecule has 124 valence electrons. The summed E-state index contributed by atoms with van der Waals surface area (Å²) in [6, 6.07) is 9.64. The second kappa shape index (κ2) is 7.85. The van der Waals surface area contributed by atoms with Gasteiger partial charge in [0.05, 0.1) is 16.8 Å². The van der Waals surface area contributed by atoms with Crippen LogP contribution in [0.15, 0.2) is 41.9 Å². The van der Waals surface area contributed by atoms with Gasteiger partial charge in [0, 0.05) is 30.8 Å². The molecule has 0 aliphatic carbocycles. The first-order valence-electron chi connectivity index (χ1n) is 7.73. The fraction of sp³-hybridized carbons (Fsp3) is 0.235. The Morgan fingerprint density at radius 2 is 2.21 bits per heavy atom. The normalized spacial score (nSPS) is 10.7. The Morgan fingerprint density at radius 1 is 1.29 bits per heavy atom. The molecule has 0 fully saturated rings. The molecule has 0 saturated carbocycles. The van der Waals surface area contributed by atoms with Gasteiger partial charge in [-0.1, -0.05) is 12.1 Å². The van der Waals surface area contributed by atoms with E-state index in [0.29, 0.717) is 25.3 Å². The first-order valence-corrected chi connectivity index (χ1v) is 8.60. The number of aromatic nitrogens is 3. The fourth-order valence-electron chi connectivity index (χ4n) is 2.32. The van der Waals surface area contributed by atoms with E-state index in [1.807, 2.05) is 36.7 Å². The summed E-state index contributed by atoms with van der Waals surface area (Å²) in [5.41, 5.74) is 3.01. The predicted molar refractivity (Wildman–Crippen MR) is 95.8 cm³/mol. The van der Waals surface area contributed by atoms with Crippen LogP contribution in [-0.4, -0.2) is 27.6 Å². The molecule has 1 amide bonds. The highest BCUT2D eigenvalue weighted by atomic mass is 32.1. The quantitative estimate of drug-likeness (QED) is 0.577. The van der Waals surface area contributed by atoms with Crippen molar-refractivity contribution in [2.24, 2.45) is 0 Å². The van der Waals surface area contributed by atoms with Crippen LogP contribution in [-0.2, 0) is 11.3 Å². The van der Waals surface area contributed by atoms with Crippen LogP contribution in [0.5, 0.6) is 0 Å². The van der Waals surface area contributed by atoms with Gasteiger partial charge in [-0.3, -0.25) is 9.89 Å². The SMILES string of the molecule is Cc1cccc(NC(=O)CCNCc2cn[nH]c2-c2cccs2)n1. The lowest BCUT2D eigenvalue weighted by Gasteiger charge is -2.06. The van der Waals surface area contributed by atoms with Gasteiger partial charge in [-0.25, -0.2) is 4.98 Å². The molecule has 0 saturated heterocycles. The van der Waals surface area contributed by atoms with Gasteiger partial charge >= 0.3 is 0 Å². The third-order valence-corrected chi connectivity index (χ3v) is 4.37. The number of H-pyrrole nitrogens is 1. The van der Waals surface area contributed by atoms with E-state index < -0.39 is 0 Å². The highest BCUT2D eigenvalue weighted by Gasteiger charge is 2.08. The molecule has 0 radical (unpaired) electrons. The van der Waals surface area contributed by atoms with E-state index >= 15 is 0 Å². The lowest BCUT2D eigenvalue weighted by Crippen LogP contribution is -2.22. The maximum Gasteiger partial charge on any atom is 0.226 e. The number of hydrogen-bond acceptors (Lipinski definition) is 5. The number of nitrogens with zero attached hydrogens (tertiary/aromatic N) is 2. The molecule has 3 heterocycles. The number of thiophene rings is 1. The highest BCUT2D eigenvalue weighted by molar-refractivity contribution is 7.13. The maximum atomic E-state index is 11.9. The standard InChI is InChI=1S/C17H19N5OS/c1-12-4-2-6-15(20-12)21-16(23)7-8-18-10-13-11-19-22-17(13)14-5-3-9-24-14/h2-6,9,11,18H,7-8,10H2,1H3,(H,19,22)(H,20,21,23). The minimum absolute atomic E-state index is 0.0497. The van der Waals surface area contributed by atoms with Crippen LogP contribution in [0.1, 0.15) is 17.7 Å². The van der Waals surface area contributed by atoms with Crippen molar-refractivity contribution < 1.29 is 4.79 Å². The van der Waals surface area contributed by atoms with Crippen molar-refractivity contribution in [1.82, 2.24) is 20.5 Å². The molecular weight excluding hydrogens is 322 g/mol. The first-order chi connectivity index (χ1) is 11.7. The summed E-state index contributed by atoms with van der Waals surface area (Å²) in [6.45, 7) is 3.15. The molecule has 0 aromatic carbocycles. The number of amides is 1. The molecule has 0 aliphatic rings. The minimum atomic E-state index is -0.0497. The van der Waals surface area contributed by atoms with Gasteiger partial charge in [-0.15, -0.1) is 11.3 Å². The van der Waals surface area contributed by atoms with Gasteiger partial charge in [-0.05, 0) is 30.5 Å². The highest BCUT2D eigenvalue weighted by Crippen LogP contribution is 2.25. The Balaban J connectivity index is 1.44. The molecular formula is C17H19N5OS. The van der Waals surface area contributed by atoms with E-state index in [2.05, 4.69) is 31.9 Å². The van der Waals surface area contributed by atoms with Crippen molar-refractivity contribution in [2.75, 3.05) is 11.9 Å². The Bertz CT molecular complexity index is 797. The van der Waals surface area contributed by atoms with E-state index in [0.717, 1.165) is 21.8 Å². The van der Waals surface area contributed by atoms with Crippen molar-refractivity contribution in [3.63, 3.8) is 0 Å². The number of carbonyl (C=O) groups excluding carboxylic acids is 1. The second-order valence-corrected chi connectivity index (χ2v) is 6.33. The third kappa shape index (κ3) is 4.27. The Morgan fingerprint density at radius 3 is 3.00 bits per heavy atom. The minimum Gasteiger partial charge on any atom is -0.312 e. The molecule has 0 aliphatic heterocycles. The molecule has 3 aromatic heterocycles. The Kier molecular flexibility index (Phi) is 5.35. The maximum absolute atomic E-state index is 11.9. The summed E-state index contributed by atoms with van der Waals surface area (Å²) >= 11 is 1.67. The van der Waals surface area contributed by atoms with Crippen molar-refractivity contribution in [3.05, 3.63) is 53.2 Å². The van der Waals surface area contributed by atoms with E-state index in [4.69, 9.17) is 0 Å². The van der Waals surface area contributed by atoms with Crippen molar-refractivity contribution >= 4 is 23.1 Å². The van der Waals surface area contributed by atoms with Gasteiger partial charge in [0.15, 0.2) is 0 Å². The predicted octanol–water partition coefficient (Wildman–Crippen LogP) is 2.96. The smallest absolute Gasteiger partial charge is 0.226 e. The van der Waals surface area contributed by atoms with Gasteiger partial charge in [0.2, 0.25) is 5.91 Å². The number of anilines is 1. The van der Waals surface area contributed by atoms with Crippen LogP contribution in [0.3, 0.4) is 0 Å². The molecule has 6 nitrogen and oxygen atoms in total. The number of hydrogen-bond donors (Lipinski definition) is 3. The van der Waals surface area contributed by atoms with E-state index in [9.17, 15) is 4.79 Å². The number of carbonyl (C=O) groups is 1. The zero-order chi connectivity index (χ0) is 16.8. The molecule has 0 spiro atoms. The molecule has 7 heteroatoms. The molecule has 3 aromatic rings. The lowest BCUT2D eigenvalue weighted by atomic mass is 10.2. The first kappa shape index (κ1) is 16.4. The van der Waals surface area contributed by atoms with Gasteiger partial charge < -0.3 is 10.6 Å². The summed E-state index contributed by atoms with van der Waals surface area (Å²) < 4.78 is 0. The van der Waals surface area contributed by atoms with Crippen LogP contribution in [0.25, 0.3) is 10.6 Å². The van der Waals surface area contributed by atoms with Crippen molar-refractivity contribution in [3.8, 4) is 10.6 Å². The number of pyridine rings is 1. The van der Waals surface area contributed by atoms with Crippen molar-refractivity contribution in [2.45, 2.75) is 19.9 Å². The molecule has 24 heavy (non-hydrogen) atoms. The molecule has 0 bridgehead atoms. The zero-order valence-electron chi connectivity index (χ0n) is 13.4. The summed E-state index contributed by atoms with van der Waals surface area (Å²) in [5.74, 6) is 0.543. The Labute approximate surface area is 144 Å². The third-order valence-electron chi connectivity index (χ3n) is 3.49. The second-order valence-electron chi connectivity index (χ2n) is 5.39. The summed E-state index contributed by atoms with van der Waals surface area (Å²) in [6.07, 6.45) is 2.21. The van der Waals surface area contributed by atoms with Gasteiger partial charge in [-0.2, -0.15) is 5.10 Å². The number of aromatic amines is 1. The molecule has 3 rings (SSSR count). The lowest BCUT2D eigenvalue weighted by molar-refractivity contribution is -0.116. The average molecular weight is 341 g/mol. The van der Waals surface area contributed by atoms with Crippen LogP contribution < -0.4 is 10.6 Å². The zero-order valence-corrected chi connectivity index (χ0v) is 14.2. The Hall–Kier alpha value is -2.51. The van der Waals surface area contributed by atoms with Gasteiger partial charge in [0.25, 0.3) is 0 Å². The fourth-order valence-corrected chi connectivity index (χ4v) is 3.08. The van der Waals surface area contributed by atoms with Crippen LogP contribution >= 0.6 is 11.3 Å². The number of rotatable bonds is 7. The van der Waals surface area contributed by atoms with E-state index in [1.54, 1.807) is 17.4 Å². The molecule has 3 N–H and O–H groups in total. The topological polar surface area (TPSA) is 82.7 Å². The van der Waals surface area contributed by atoms with Crippen LogP contribution in [0.4, 0.5) is 5.82 Å². The monoisotopic (exact) mass is 341 g/mol. The number of aryl methyl sites for hydroxylation is 1. The summed E-state index contributed by atoms with van der Waals surface area (Å²) in [5, 5.41) is 15.3.